The maximum absolute atomic E-state index is 13.3. The molecule has 1 aromatic heterocycles. The van der Waals surface area contributed by atoms with Gasteiger partial charge in [0.15, 0.2) is 11.0 Å². The van der Waals surface area contributed by atoms with Crippen molar-refractivity contribution in [2.45, 2.75) is 29.3 Å². The number of fused-ring (bicyclic) bond motifs is 1. The van der Waals surface area contributed by atoms with E-state index in [1.54, 1.807) is 47.0 Å². The van der Waals surface area contributed by atoms with Gasteiger partial charge in [-0.1, -0.05) is 71.9 Å². The number of aromatic nitrogens is 3. The van der Waals surface area contributed by atoms with Gasteiger partial charge in [-0.05, 0) is 65.2 Å². The summed E-state index contributed by atoms with van der Waals surface area (Å²) in [7, 11) is -3.82. The molecule has 0 aliphatic carbocycles. The Morgan fingerprint density at radius 3 is 2.49 bits per heavy atom. The molecule has 0 atom stereocenters. The Morgan fingerprint density at radius 2 is 1.70 bits per heavy atom. The second-order valence-corrected chi connectivity index (χ2v) is 11.6. The van der Waals surface area contributed by atoms with Crippen molar-refractivity contribution in [2.75, 3.05) is 0 Å². The molecule has 4 aromatic carbocycles. The Hall–Kier alpha value is -3.24. The van der Waals surface area contributed by atoms with Crippen LogP contribution >= 0.6 is 23.4 Å². The highest BCUT2D eigenvalue weighted by atomic mass is 35.5. The van der Waals surface area contributed by atoms with E-state index in [2.05, 4.69) is 14.9 Å². The van der Waals surface area contributed by atoms with Gasteiger partial charge in [0.1, 0.15) is 5.82 Å². The van der Waals surface area contributed by atoms with E-state index in [9.17, 15) is 12.8 Å². The number of rotatable bonds is 8. The normalized spacial score (nSPS) is 11.8. The van der Waals surface area contributed by atoms with E-state index >= 15 is 0 Å². The Balaban J connectivity index is 1.45. The Bertz CT molecular complexity index is 1690. The smallest absolute Gasteiger partial charge is 0.240 e. The SMILES string of the molecule is Cc1ccc(Cl)cc1-n1c(CNS(=O)(=O)c2ccc3ccccc3c2)nnc1SCc1ccc(F)cc1. The van der Waals surface area contributed by atoms with Crippen LogP contribution in [-0.4, -0.2) is 23.2 Å². The van der Waals surface area contributed by atoms with Crippen LogP contribution in [0.25, 0.3) is 16.5 Å². The minimum Gasteiger partial charge on any atom is -0.273 e. The summed E-state index contributed by atoms with van der Waals surface area (Å²) in [6.45, 7) is 1.86. The van der Waals surface area contributed by atoms with E-state index in [1.807, 2.05) is 37.3 Å². The maximum Gasteiger partial charge on any atom is 0.240 e. The van der Waals surface area contributed by atoms with Crippen molar-refractivity contribution in [3.05, 3.63) is 113 Å². The fraction of sp³-hybridized carbons (Fsp3) is 0.111. The lowest BCUT2D eigenvalue weighted by molar-refractivity contribution is 0.578. The highest BCUT2D eigenvalue weighted by Gasteiger charge is 2.20. The lowest BCUT2D eigenvalue weighted by atomic mass is 10.1. The molecule has 0 aliphatic heterocycles. The number of aryl methyl sites for hydroxylation is 1. The number of nitrogens with zero attached hydrogens (tertiary/aromatic N) is 3. The van der Waals surface area contributed by atoms with Gasteiger partial charge >= 0.3 is 0 Å². The quantitative estimate of drug-likeness (QED) is 0.229. The fourth-order valence-electron chi connectivity index (χ4n) is 3.88. The summed E-state index contributed by atoms with van der Waals surface area (Å²) in [6.07, 6.45) is 0. The first kappa shape index (κ1) is 25.4. The second kappa shape index (κ2) is 10.6. The van der Waals surface area contributed by atoms with Crippen LogP contribution in [0.1, 0.15) is 17.0 Å². The zero-order chi connectivity index (χ0) is 26.0. The van der Waals surface area contributed by atoms with Gasteiger partial charge in [-0.25, -0.2) is 17.5 Å². The Labute approximate surface area is 223 Å². The van der Waals surface area contributed by atoms with Crippen molar-refractivity contribution in [3.8, 4) is 5.69 Å². The number of thioether (sulfide) groups is 1. The molecule has 0 saturated carbocycles. The monoisotopic (exact) mass is 552 g/mol. The summed E-state index contributed by atoms with van der Waals surface area (Å²) < 4.78 is 44.0. The van der Waals surface area contributed by atoms with Crippen LogP contribution in [0.5, 0.6) is 0 Å². The molecule has 0 amide bonds. The van der Waals surface area contributed by atoms with Gasteiger partial charge in [0, 0.05) is 10.8 Å². The van der Waals surface area contributed by atoms with Gasteiger partial charge in [-0.15, -0.1) is 10.2 Å². The van der Waals surface area contributed by atoms with Crippen molar-refractivity contribution >= 4 is 44.2 Å². The standard InChI is InChI=1S/C27H22ClFN4O2S2/c1-18-6-10-22(28)15-25(18)33-26(31-32-27(33)36-17-19-7-11-23(29)12-8-19)16-30-37(34,35)24-13-9-20-4-2-3-5-21(20)14-24/h2-15,30H,16-17H2,1H3. The van der Waals surface area contributed by atoms with Gasteiger partial charge in [0.05, 0.1) is 17.1 Å². The Kier molecular flexibility index (Phi) is 7.30. The molecule has 0 spiro atoms. The van der Waals surface area contributed by atoms with Crippen LogP contribution in [0.3, 0.4) is 0 Å². The third-order valence-corrected chi connectivity index (χ3v) is 8.48. The summed E-state index contributed by atoms with van der Waals surface area (Å²) >= 11 is 7.71. The predicted octanol–water partition coefficient (Wildman–Crippen LogP) is 6.29. The number of nitrogens with one attached hydrogen (secondary N) is 1. The minimum atomic E-state index is -3.82. The fourth-order valence-corrected chi connectivity index (χ4v) is 5.98. The molecule has 0 unspecified atom stereocenters. The van der Waals surface area contributed by atoms with Crippen LogP contribution in [0.15, 0.2) is 95.0 Å². The minimum absolute atomic E-state index is 0.0782. The molecule has 0 bridgehead atoms. The lowest BCUT2D eigenvalue weighted by Crippen LogP contribution is -2.25. The summed E-state index contributed by atoms with van der Waals surface area (Å²) in [5, 5.41) is 11.5. The molecule has 5 rings (SSSR count). The van der Waals surface area contributed by atoms with Crippen LogP contribution in [-0.2, 0) is 22.3 Å². The first-order chi connectivity index (χ1) is 17.8. The highest BCUT2D eigenvalue weighted by molar-refractivity contribution is 7.98. The van der Waals surface area contributed by atoms with Crippen LogP contribution in [0.2, 0.25) is 5.02 Å². The molecular formula is C27H22ClFN4O2S2. The highest BCUT2D eigenvalue weighted by Crippen LogP contribution is 2.29. The first-order valence-corrected chi connectivity index (χ1v) is 14.2. The molecule has 0 fully saturated rings. The largest absolute Gasteiger partial charge is 0.273 e. The van der Waals surface area contributed by atoms with E-state index in [-0.39, 0.29) is 17.3 Å². The number of sulfonamides is 1. The third-order valence-electron chi connectivity index (χ3n) is 5.85. The maximum atomic E-state index is 13.3. The van der Waals surface area contributed by atoms with Crippen molar-refractivity contribution in [1.82, 2.24) is 19.5 Å². The topological polar surface area (TPSA) is 76.9 Å². The molecule has 188 valence electrons. The lowest BCUT2D eigenvalue weighted by Gasteiger charge is -2.14. The third kappa shape index (κ3) is 5.70. The zero-order valence-corrected chi connectivity index (χ0v) is 22.1. The number of halogens is 2. The summed E-state index contributed by atoms with van der Waals surface area (Å²) in [5.41, 5.74) is 2.59. The number of hydrogen-bond acceptors (Lipinski definition) is 5. The summed E-state index contributed by atoms with van der Waals surface area (Å²) in [6, 6.07) is 24.3. The van der Waals surface area contributed by atoms with Crippen molar-refractivity contribution in [3.63, 3.8) is 0 Å². The number of hydrogen-bond donors (Lipinski definition) is 1. The summed E-state index contributed by atoms with van der Waals surface area (Å²) in [5.74, 6) is 0.643. The number of benzene rings is 4. The van der Waals surface area contributed by atoms with E-state index in [1.165, 1.54) is 23.9 Å². The molecule has 1 N–H and O–H groups in total. The molecule has 37 heavy (non-hydrogen) atoms. The summed E-state index contributed by atoms with van der Waals surface area (Å²) in [4.78, 5) is 0.169. The first-order valence-electron chi connectivity index (χ1n) is 11.4. The molecule has 1 heterocycles. The van der Waals surface area contributed by atoms with Crippen molar-refractivity contribution in [1.29, 1.82) is 0 Å². The molecule has 0 radical (unpaired) electrons. The van der Waals surface area contributed by atoms with E-state index in [0.29, 0.717) is 21.8 Å². The van der Waals surface area contributed by atoms with Gasteiger partial charge < -0.3 is 0 Å². The average molecular weight is 553 g/mol. The van der Waals surface area contributed by atoms with Gasteiger partial charge in [0.25, 0.3) is 0 Å². The van der Waals surface area contributed by atoms with E-state index < -0.39 is 10.0 Å². The molecule has 0 aliphatic rings. The van der Waals surface area contributed by atoms with E-state index in [0.717, 1.165) is 27.6 Å². The van der Waals surface area contributed by atoms with Gasteiger partial charge in [0.2, 0.25) is 10.0 Å². The molecule has 6 nitrogen and oxygen atoms in total. The van der Waals surface area contributed by atoms with Crippen molar-refractivity contribution < 1.29 is 12.8 Å². The second-order valence-electron chi connectivity index (χ2n) is 8.41. The average Bonchev–Trinajstić information content (AvgIpc) is 3.31. The van der Waals surface area contributed by atoms with Gasteiger partial charge in [-0.3, -0.25) is 4.57 Å². The molecule has 0 saturated heterocycles. The molecular weight excluding hydrogens is 531 g/mol. The van der Waals surface area contributed by atoms with Crippen LogP contribution in [0, 0.1) is 12.7 Å². The predicted molar refractivity (Wildman–Crippen MR) is 145 cm³/mol. The van der Waals surface area contributed by atoms with Gasteiger partial charge in [-0.2, -0.15) is 0 Å². The van der Waals surface area contributed by atoms with Crippen LogP contribution in [0.4, 0.5) is 4.39 Å². The van der Waals surface area contributed by atoms with Crippen molar-refractivity contribution in [2.24, 2.45) is 0 Å². The Morgan fingerprint density at radius 1 is 0.946 bits per heavy atom. The molecule has 10 heteroatoms. The zero-order valence-electron chi connectivity index (χ0n) is 19.7. The molecule has 5 aromatic rings. The van der Waals surface area contributed by atoms with E-state index in [4.69, 9.17) is 11.6 Å². The van der Waals surface area contributed by atoms with Crippen LogP contribution < -0.4 is 4.72 Å².